The molecule has 2 aromatic heterocycles. The van der Waals surface area contributed by atoms with Crippen LogP contribution in [0.2, 0.25) is 10.3 Å². The fraction of sp³-hybridized carbons (Fsp3) is 0. The molecule has 0 bridgehead atoms. The lowest BCUT2D eigenvalue weighted by Gasteiger charge is -2.00. The summed E-state index contributed by atoms with van der Waals surface area (Å²) in [7, 11) is 0. The fourth-order valence-corrected chi connectivity index (χ4v) is 1.47. The van der Waals surface area contributed by atoms with Gasteiger partial charge in [-0.25, -0.2) is 9.97 Å². The van der Waals surface area contributed by atoms with E-state index in [1.165, 1.54) is 12.6 Å². The average Bonchev–Trinajstić information content (AvgIpc) is 2.57. The van der Waals surface area contributed by atoms with Crippen LogP contribution < -0.4 is 0 Å². The molecule has 5 heteroatoms. The molecule has 2 aromatic rings. The first-order valence-electron chi connectivity index (χ1n) is 3.49. The molecule has 66 valence electrons. The summed E-state index contributed by atoms with van der Waals surface area (Å²) in [6.45, 7) is 0. The third-order valence-electron chi connectivity index (χ3n) is 1.52. The number of hydrogen-bond acceptors (Lipinski definition) is 3. The first kappa shape index (κ1) is 8.53. The van der Waals surface area contributed by atoms with Gasteiger partial charge in [0.1, 0.15) is 22.4 Å². The normalized spacial score (nSPS) is 10.3. The molecule has 0 N–H and O–H groups in total. The maximum atomic E-state index is 5.83. The second-order valence-corrected chi connectivity index (χ2v) is 3.02. The number of hydrogen-bond donors (Lipinski definition) is 0. The van der Waals surface area contributed by atoms with Crippen LogP contribution in [0.1, 0.15) is 0 Å². The van der Waals surface area contributed by atoms with Gasteiger partial charge < -0.3 is 4.42 Å². The molecule has 0 fully saturated rings. The summed E-state index contributed by atoms with van der Waals surface area (Å²) < 4.78 is 5.13. The van der Waals surface area contributed by atoms with Crippen molar-refractivity contribution in [3.8, 4) is 11.3 Å². The Bertz CT molecular complexity index is 394. The lowest BCUT2D eigenvalue weighted by molar-refractivity contribution is 0.582. The molecule has 2 heterocycles. The van der Waals surface area contributed by atoms with Crippen LogP contribution in [0.15, 0.2) is 29.1 Å². The number of nitrogens with zero attached hydrogens (tertiary/aromatic N) is 2. The van der Waals surface area contributed by atoms with Crippen LogP contribution in [0, 0.1) is 0 Å². The Morgan fingerprint density at radius 3 is 2.38 bits per heavy atom. The van der Waals surface area contributed by atoms with E-state index < -0.39 is 0 Å². The summed E-state index contributed by atoms with van der Waals surface area (Å²) in [4.78, 5) is 7.61. The predicted octanol–water partition coefficient (Wildman–Crippen LogP) is 3.04. The molecule has 0 atom stereocenters. The highest BCUT2D eigenvalue weighted by Gasteiger charge is 2.12. The molecule has 0 aliphatic heterocycles. The van der Waals surface area contributed by atoms with Gasteiger partial charge in [0.05, 0.1) is 11.8 Å². The van der Waals surface area contributed by atoms with Crippen molar-refractivity contribution in [2.45, 2.75) is 0 Å². The highest BCUT2D eigenvalue weighted by molar-refractivity contribution is 6.37. The highest BCUT2D eigenvalue weighted by atomic mass is 35.5. The first-order valence-corrected chi connectivity index (χ1v) is 4.24. The number of furan rings is 1. The van der Waals surface area contributed by atoms with Gasteiger partial charge in [-0.2, -0.15) is 0 Å². The maximum Gasteiger partial charge on any atom is 0.144 e. The molecule has 0 saturated heterocycles. The SMILES string of the molecule is Clc1ncnc(Cl)c1-c1ccco1. The standard InChI is InChI=1S/C8H4Cl2N2O/c9-7-6(5-2-1-3-13-5)8(10)12-4-11-7/h1-4H. The summed E-state index contributed by atoms with van der Waals surface area (Å²) in [5, 5.41) is 0.574. The van der Waals surface area contributed by atoms with Crippen LogP contribution >= 0.6 is 23.2 Å². The Kier molecular flexibility index (Phi) is 2.20. The minimum atomic E-state index is 0.287. The van der Waals surface area contributed by atoms with Crippen molar-refractivity contribution >= 4 is 23.2 Å². The van der Waals surface area contributed by atoms with E-state index in [0.717, 1.165) is 0 Å². The van der Waals surface area contributed by atoms with E-state index in [1.807, 2.05) is 0 Å². The van der Waals surface area contributed by atoms with E-state index in [4.69, 9.17) is 27.6 Å². The van der Waals surface area contributed by atoms with Crippen molar-refractivity contribution in [3.63, 3.8) is 0 Å². The molecule has 0 radical (unpaired) electrons. The van der Waals surface area contributed by atoms with Crippen LogP contribution in [0.5, 0.6) is 0 Å². The Morgan fingerprint density at radius 2 is 1.85 bits per heavy atom. The first-order chi connectivity index (χ1) is 6.29. The topological polar surface area (TPSA) is 38.9 Å². The van der Waals surface area contributed by atoms with E-state index in [0.29, 0.717) is 11.3 Å². The van der Waals surface area contributed by atoms with Gasteiger partial charge in [-0.15, -0.1) is 0 Å². The van der Waals surface area contributed by atoms with Crippen LogP contribution in [0.3, 0.4) is 0 Å². The van der Waals surface area contributed by atoms with E-state index >= 15 is 0 Å². The molecule has 0 aliphatic carbocycles. The minimum Gasteiger partial charge on any atom is -0.464 e. The third kappa shape index (κ3) is 1.53. The zero-order chi connectivity index (χ0) is 9.26. The van der Waals surface area contributed by atoms with Gasteiger partial charge in [-0.3, -0.25) is 0 Å². The molecule has 0 amide bonds. The molecule has 0 aliphatic rings. The van der Waals surface area contributed by atoms with Crippen LogP contribution in [-0.4, -0.2) is 9.97 Å². The monoisotopic (exact) mass is 214 g/mol. The zero-order valence-corrected chi connectivity index (χ0v) is 7.88. The van der Waals surface area contributed by atoms with Crippen molar-refractivity contribution in [1.82, 2.24) is 9.97 Å². The van der Waals surface area contributed by atoms with Gasteiger partial charge in [0.15, 0.2) is 0 Å². The Hall–Kier alpha value is -1.06. The van der Waals surface area contributed by atoms with Crippen molar-refractivity contribution in [1.29, 1.82) is 0 Å². The van der Waals surface area contributed by atoms with Crippen molar-refractivity contribution < 1.29 is 4.42 Å². The third-order valence-corrected chi connectivity index (χ3v) is 2.10. The van der Waals surface area contributed by atoms with Crippen molar-refractivity contribution in [2.75, 3.05) is 0 Å². The second kappa shape index (κ2) is 3.36. The van der Waals surface area contributed by atoms with Gasteiger partial charge in [-0.1, -0.05) is 23.2 Å². The Balaban J connectivity index is 2.64. The van der Waals surface area contributed by atoms with Crippen molar-refractivity contribution in [2.24, 2.45) is 0 Å². The van der Waals surface area contributed by atoms with Crippen LogP contribution in [0.25, 0.3) is 11.3 Å². The van der Waals surface area contributed by atoms with Gasteiger partial charge in [0, 0.05) is 0 Å². The van der Waals surface area contributed by atoms with Crippen molar-refractivity contribution in [3.05, 3.63) is 35.0 Å². The Morgan fingerprint density at radius 1 is 1.15 bits per heavy atom. The molecule has 0 spiro atoms. The maximum absolute atomic E-state index is 5.83. The van der Waals surface area contributed by atoms with Gasteiger partial charge >= 0.3 is 0 Å². The smallest absolute Gasteiger partial charge is 0.144 e. The molecular formula is C8H4Cl2N2O. The largest absolute Gasteiger partial charge is 0.464 e. The van der Waals surface area contributed by atoms with Gasteiger partial charge in [-0.05, 0) is 12.1 Å². The zero-order valence-electron chi connectivity index (χ0n) is 6.37. The van der Waals surface area contributed by atoms with E-state index in [-0.39, 0.29) is 10.3 Å². The number of halogens is 2. The van der Waals surface area contributed by atoms with E-state index in [1.54, 1.807) is 12.1 Å². The van der Waals surface area contributed by atoms with Crippen LogP contribution in [-0.2, 0) is 0 Å². The van der Waals surface area contributed by atoms with E-state index in [2.05, 4.69) is 9.97 Å². The molecular weight excluding hydrogens is 211 g/mol. The molecule has 0 aromatic carbocycles. The average molecular weight is 215 g/mol. The molecule has 0 unspecified atom stereocenters. The highest BCUT2D eigenvalue weighted by Crippen LogP contribution is 2.31. The summed E-state index contributed by atoms with van der Waals surface area (Å²) in [6.07, 6.45) is 2.84. The van der Waals surface area contributed by atoms with Gasteiger partial charge in [0.2, 0.25) is 0 Å². The summed E-state index contributed by atoms with van der Waals surface area (Å²) in [6, 6.07) is 3.49. The van der Waals surface area contributed by atoms with Crippen LogP contribution in [0.4, 0.5) is 0 Å². The summed E-state index contributed by atoms with van der Waals surface area (Å²) in [5.74, 6) is 0.565. The molecule has 0 saturated carbocycles. The summed E-state index contributed by atoms with van der Waals surface area (Å²) >= 11 is 11.7. The Labute approximate surface area is 84.3 Å². The summed E-state index contributed by atoms with van der Waals surface area (Å²) in [5.41, 5.74) is 0.524. The van der Waals surface area contributed by atoms with E-state index in [9.17, 15) is 0 Å². The number of aromatic nitrogens is 2. The molecule has 13 heavy (non-hydrogen) atoms. The molecule has 3 nitrogen and oxygen atoms in total. The van der Waals surface area contributed by atoms with Gasteiger partial charge in [0.25, 0.3) is 0 Å². The molecule has 2 rings (SSSR count). The minimum absolute atomic E-state index is 0.287. The quantitative estimate of drug-likeness (QED) is 0.686. The fourth-order valence-electron chi connectivity index (χ4n) is 0.969. The second-order valence-electron chi connectivity index (χ2n) is 2.31. The lowest BCUT2D eigenvalue weighted by Crippen LogP contribution is -1.86. The lowest BCUT2D eigenvalue weighted by atomic mass is 10.3. The predicted molar refractivity (Wildman–Crippen MR) is 49.8 cm³/mol. The number of rotatable bonds is 1.